The van der Waals surface area contributed by atoms with E-state index in [2.05, 4.69) is 26.2 Å². The number of hydrogen-bond acceptors (Lipinski definition) is 3. The Morgan fingerprint density at radius 3 is 2.79 bits per heavy atom. The molecule has 0 radical (unpaired) electrons. The molecule has 0 bridgehead atoms. The maximum atomic E-state index is 12.3. The minimum Gasteiger partial charge on any atom is -0.358 e. The second-order valence-electron chi connectivity index (χ2n) is 5.04. The van der Waals surface area contributed by atoms with Crippen LogP contribution in [0, 0.1) is 6.92 Å². The number of rotatable bonds is 3. The largest absolute Gasteiger partial charge is 0.358 e. The zero-order valence-corrected chi connectivity index (χ0v) is 13.0. The van der Waals surface area contributed by atoms with Crippen molar-refractivity contribution in [1.29, 1.82) is 0 Å². The van der Waals surface area contributed by atoms with Gasteiger partial charge in [-0.2, -0.15) is 0 Å². The number of carbonyl (C=O) groups excluding carboxylic acids is 1. The minimum absolute atomic E-state index is 0.162. The third kappa shape index (κ3) is 3.47. The van der Waals surface area contributed by atoms with Crippen molar-refractivity contribution in [1.82, 2.24) is 9.88 Å². The molecule has 0 aliphatic carbocycles. The van der Waals surface area contributed by atoms with Gasteiger partial charge in [0.1, 0.15) is 11.9 Å². The summed E-state index contributed by atoms with van der Waals surface area (Å²) in [5.41, 5.74) is 1.11. The molecule has 104 valence electrons. The van der Waals surface area contributed by atoms with Crippen LogP contribution in [-0.2, 0) is 4.79 Å². The zero-order chi connectivity index (χ0) is 13.8. The second kappa shape index (κ2) is 6.37. The molecule has 2 rings (SSSR count). The Balaban J connectivity index is 2.01. The van der Waals surface area contributed by atoms with E-state index in [1.54, 1.807) is 6.20 Å². The van der Waals surface area contributed by atoms with Gasteiger partial charge >= 0.3 is 0 Å². The molecule has 1 aliphatic heterocycles. The van der Waals surface area contributed by atoms with Crippen LogP contribution in [0.5, 0.6) is 0 Å². The summed E-state index contributed by atoms with van der Waals surface area (Å²) in [7, 11) is 0. The van der Waals surface area contributed by atoms with Gasteiger partial charge in [0, 0.05) is 19.3 Å². The molecule has 1 amide bonds. The van der Waals surface area contributed by atoms with Crippen LogP contribution < -0.4 is 5.32 Å². The van der Waals surface area contributed by atoms with Crippen LogP contribution in [0.2, 0.25) is 0 Å². The van der Waals surface area contributed by atoms with Crippen LogP contribution in [0.1, 0.15) is 31.7 Å². The molecular weight excluding hydrogens is 306 g/mol. The highest BCUT2D eigenvalue weighted by Gasteiger charge is 2.22. The lowest BCUT2D eigenvalue weighted by Crippen LogP contribution is -2.44. The van der Waals surface area contributed by atoms with Gasteiger partial charge in [-0.3, -0.25) is 4.79 Å². The van der Waals surface area contributed by atoms with Crippen molar-refractivity contribution in [2.24, 2.45) is 0 Å². The lowest BCUT2D eigenvalue weighted by Gasteiger charge is -2.29. The normalized spacial score (nSPS) is 17.1. The molecule has 5 heteroatoms. The molecule has 1 N–H and O–H groups in total. The first-order valence-corrected chi connectivity index (χ1v) is 7.55. The SMILES string of the molecule is Cc1ccnc(NC(C)C(=O)N2CCCCC2)c1Br. The van der Waals surface area contributed by atoms with E-state index in [0.29, 0.717) is 0 Å². The van der Waals surface area contributed by atoms with E-state index in [1.807, 2.05) is 24.8 Å². The van der Waals surface area contributed by atoms with Crippen molar-refractivity contribution < 1.29 is 4.79 Å². The molecule has 2 heterocycles. The highest BCUT2D eigenvalue weighted by Crippen LogP contribution is 2.24. The first-order valence-electron chi connectivity index (χ1n) is 6.76. The number of halogens is 1. The summed E-state index contributed by atoms with van der Waals surface area (Å²) in [5.74, 6) is 0.896. The number of likely N-dealkylation sites (tertiary alicyclic amines) is 1. The van der Waals surface area contributed by atoms with Gasteiger partial charge in [-0.05, 0) is 60.7 Å². The third-order valence-corrected chi connectivity index (χ3v) is 4.47. The van der Waals surface area contributed by atoms with Crippen LogP contribution in [0.25, 0.3) is 0 Å². The Kier molecular flexibility index (Phi) is 4.80. The van der Waals surface area contributed by atoms with E-state index in [9.17, 15) is 4.79 Å². The van der Waals surface area contributed by atoms with E-state index < -0.39 is 0 Å². The summed E-state index contributed by atoms with van der Waals surface area (Å²) in [6.07, 6.45) is 5.22. The third-order valence-electron chi connectivity index (χ3n) is 3.47. The Morgan fingerprint density at radius 1 is 1.42 bits per heavy atom. The Bertz CT molecular complexity index is 458. The van der Waals surface area contributed by atoms with Crippen LogP contribution >= 0.6 is 15.9 Å². The van der Waals surface area contributed by atoms with Gasteiger partial charge in [0.2, 0.25) is 5.91 Å². The zero-order valence-electron chi connectivity index (χ0n) is 11.4. The summed E-state index contributed by atoms with van der Waals surface area (Å²) in [6.45, 7) is 5.67. The fourth-order valence-electron chi connectivity index (χ4n) is 2.30. The van der Waals surface area contributed by atoms with Crippen LogP contribution in [0.15, 0.2) is 16.7 Å². The summed E-state index contributed by atoms with van der Waals surface area (Å²) < 4.78 is 0.924. The summed E-state index contributed by atoms with van der Waals surface area (Å²) >= 11 is 3.50. The number of amides is 1. The molecule has 0 saturated carbocycles. The molecule has 1 aromatic heterocycles. The van der Waals surface area contributed by atoms with Crippen LogP contribution in [-0.4, -0.2) is 34.9 Å². The predicted molar refractivity (Wildman–Crippen MR) is 80.2 cm³/mol. The van der Waals surface area contributed by atoms with Gasteiger partial charge in [-0.1, -0.05) is 0 Å². The molecule has 1 saturated heterocycles. The van der Waals surface area contributed by atoms with Crippen molar-refractivity contribution in [2.45, 2.75) is 39.2 Å². The fraction of sp³-hybridized carbons (Fsp3) is 0.571. The molecule has 1 aromatic rings. The predicted octanol–water partition coefficient (Wildman–Crippen LogP) is 2.97. The molecule has 4 nitrogen and oxygen atoms in total. The van der Waals surface area contributed by atoms with Crippen LogP contribution in [0.3, 0.4) is 0 Å². The van der Waals surface area contributed by atoms with Crippen molar-refractivity contribution in [3.05, 3.63) is 22.3 Å². The number of aromatic nitrogens is 1. The van der Waals surface area contributed by atoms with Gasteiger partial charge in [-0.25, -0.2) is 4.98 Å². The van der Waals surface area contributed by atoms with Crippen molar-refractivity contribution >= 4 is 27.7 Å². The van der Waals surface area contributed by atoms with E-state index in [4.69, 9.17) is 0 Å². The van der Waals surface area contributed by atoms with Crippen molar-refractivity contribution in [3.63, 3.8) is 0 Å². The first kappa shape index (κ1) is 14.3. The minimum atomic E-state index is -0.247. The molecular formula is C14H20BrN3O. The van der Waals surface area contributed by atoms with Crippen molar-refractivity contribution in [3.8, 4) is 0 Å². The smallest absolute Gasteiger partial charge is 0.244 e. The average Bonchev–Trinajstić information content (AvgIpc) is 2.44. The van der Waals surface area contributed by atoms with Gasteiger partial charge in [0.25, 0.3) is 0 Å². The van der Waals surface area contributed by atoms with E-state index in [0.717, 1.165) is 41.8 Å². The van der Waals surface area contributed by atoms with Gasteiger partial charge in [0.15, 0.2) is 0 Å². The molecule has 1 aliphatic rings. The fourth-order valence-corrected chi connectivity index (χ4v) is 2.64. The first-order chi connectivity index (χ1) is 9.09. The van der Waals surface area contributed by atoms with E-state index >= 15 is 0 Å². The molecule has 0 aromatic carbocycles. The highest BCUT2D eigenvalue weighted by molar-refractivity contribution is 9.10. The lowest BCUT2D eigenvalue weighted by molar-refractivity contribution is -0.132. The second-order valence-corrected chi connectivity index (χ2v) is 5.84. The molecule has 1 atom stereocenters. The maximum Gasteiger partial charge on any atom is 0.244 e. The Hall–Kier alpha value is -1.10. The summed E-state index contributed by atoms with van der Waals surface area (Å²) in [6, 6.07) is 1.69. The standard InChI is InChI=1S/C14H20BrN3O/c1-10-6-7-16-13(12(10)15)17-11(2)14(19)18-8-4-3-5-9-18/h6-7,11H,3-5,8-9H2,1-2H3,(H,16,17). The monoisotopic (exact) mass is 325 g/mol. The quantitative estimate of drug-likeness (QED) is 0.929. The Morgan fingerprint density at radius 2 is 2.11 bits per heavy atom. The lowest BCUT2D eigenvalue weighted by atomic mass is 10.1. The molecule has 1 unspecified atom stereocenters. The summed E-state index contributed by atoms with van der Waals surface area (Å²) in [4.78, 5) is 18.5. The number of piperidine rings is 1. The number of carbonyl (C=O) groups is 1. The van der Waals surface area contributed by atoms with Gasteiger partial charge < -0.3 is 10.2 Å². The van der Waals surface area contributed by atoms with Crippen LogP contribution in [0.4, 0.5) is 5.82 Å². The summed E-state index contributed by atoms with van der Waals surface area (Å²) in [5, 5.41) is 3.20. The molecule has 19 heavy (non-hydrogen) atoms. The number of pyridine rings is 1. The average molecular weight is 326 g/mol. The Labute approximate surface area is 122 Å². The van der Waals surface area contributed by atoms with Gasteiger partial charge in [-0.15, -0.1) is 0 Å². The molecule has 1 fully saturated rings. The number of anilines is 1. The number of nitrogens with zero attached hydrogens (tertiary/aromatic N) is 2. The van der Waals surface area contributed by atoms with E-state index in [1.165, 1.54) is 6.42 Å². The van der Waals surface area contributed by atoms with Crippen molar-refractivity contribution in [2.75, 3.05) is 18.4 Å². The number of hydrogen-bond donors (Lipinski definition) is 1. The highest BCUT2D eigenvalue weighted by atomic mass is 79.9. The number of aryl methyl sites for hydroxylation is 1. The molecule has 0 spiro atoms. The van der Waals surface area contributed by atoms with Gasteiger partial charge in [0.05, 0.1) is 4.47 Å². The van der Waals surface area contributed by atoms with E-state index in [-0.39, 0.29) is 11.9 Å². The maximum absolute atomic E-state index is 12.3. The topological polar surface area (TPSA) is 45.2 Å². The number of nitrogens with one attached hydrogen (secondary N) is 1.